The Morgan fingerprint density at radius 1 is 1.14 bits per heavy atom. The summed E-state index contributed by atoms with van der Waals surface area (Å²) in [4.78, 5) is 14.2. The van der Waals surface area contributed by atoms with Crippen LogP contribution in [0.5, 0.6) is 5.75 Å². The summed E-state index contributed by atoms with van der Waals surface area (Å²) in [5.41, 5.74) is 2.03. The maximum atomic E-state index is 12.6. The molecule has 0 aliphatic heterocycles. The molecular formula is C16H15Cl2NO2. The minimum atomic E-state index is -0.190. The van der Waals surface area contributed by atoms with Gasteiger partial charge in [0, 0.05) is 18.2 Å². The molecule has 3 nitrogen and oxygen atoms in total. The molecule has 0 saturated heterocycles. The van der Waals surface area contributed by atoms with E-state index in [1.165, 1.54) is 0 Å². The summed E-state index contributed by atoms with van der Waals surface area (Å²) in [5, 5.41) is 10.4. The highest BCUT2D eigenvalue weighted by Crippen LogP contribution is 2.28. The Balaban J connectivity index is 2.43. The molecule has 1 amide bonds. The zero-order valence-corrected chi connectivity index (χ0v) is 13.2. The van der Waals surface area contributed by atoms with Gasteiger partial charge in [-0.25, -0.2) is 0 Å². The van der Waals surface area contributed by atoms with Gasteiger partial charge in [0.2, 0.25) is 0 Å². The summed E-state index contributed by atoms with van der Waals surface area (Å²) < 4.78 is 0. The normalized spacial score (nSPS) is 10.5. The lowest BCUT2D eigenvalue weighted by Gasteiger charge is -2.23. The summed E-state index contributed by atoms with van der Waals surface area (Å²) in [6.07, 6.45) is 0. The smallest absolute Gasteiger partial charge is 0.258 e. The number of carbonyl (C=O) groups excluding carboxylic acids is 1. The van der Waals surface area contributed by atoms with Crippen molar-refractivity contribution < 1.29 is 9.90 Å². The van der Waals surface area contributed by atoms with Gasteiger partial charge < -0.3 is 10.0 Å². The van der Waals surface area contributed by atoms with Crippen molar-refractivity contribution >= 4 is 34.8 Å². The molecule has 0 aliphatic rings. The zero-order chi connectivity index (χ0) is 15.6. The molecule has 0 spiro atoms. The number of carbonyl (C=O) groups is 1. The van der Waals surface area contributed by atoms with E-state index in [2.05, 4.69) is 0 Å². The number of halogens is 2. The Bertz CT molecular complexity index is 686. The van der Waals surface area contributed by atoms with Gasteiger partial charge in [-0.1, -0.05) is 29.3 Å². The lowest BCUT2D eigenvalue weighted by Crippen LogP contribution is -2.31. The molecule has 1 N–H and O–H groups in total. The van der Waals surface area contributed by atoms with E-state index < -0.39 is 0 Å². The zero-order valence-electron chi connectivity index (χ0n) is 11.7. The highest BCUT2D eigenvalue weighted by Gasteiger charge is 2.19. The topological polar surface area (TPSA) is 40.5 Å². The molecule has 0 unspecified atom stereocenters. The van der Waals surface area contributed by atoms with Crippen LogP contribution in [-0.2, 0) is 0 Å². The van der Waals surface area contributed by atoms with Crippen molar-refractivity contribution in [2.45, 2.75) is 13.8 Å². The van der Waals surface area contributed by atoms with E-state index >= 15 is 0 Å². The predicted octanol–water partition coefficient (Wildman–Crippen LogP) is 4.67. The fraction of sp³-hybridized carbons (Fsp3) is 0.188. The lowest BCUT2D eigenvalue weighted by molar-refractivity contribution is 0.0988. The van der Waals surface area contributed by atoms with Gasteiger partial charge in [0.1, 0.15) is 5.75 Å². The molecule has 2 rings (SSSR count). The molecule has 0 radical (unpaired) electrons. The van der Waals surface area contributed by atoms with Crippen molar-refractivity contribution in [2.75, 3.05) is 11.4 Å². The summed E-state index contributed by atoms with van der Waals surface area (Å²) >= 11 is 11.8. The Morgan fingerprint density at radius 2 is 1.86 bits per heavy atom. The number of anilines is 1. The SMILES string of the molecule is CCN(C(=O)c1ccc(Cl)c(Cl)c1)c1cc(O)ccc1C. The average Bonchev–Trinajstić information content (AvgIpc) is 2.46. The molecule has 110 valence electrons. The van der Waals surface area contributed by atoms with E-state index in [0.717, 1.165) is 5.56 Å². The first-order valence-corrected chi connectivity index (χ1v) is 7.26. The Hall–Kier alpha value is -1.71. The van der Waals surface area contributed by atoms with Gasteiger partial charge in [0.25, 0.3) is 5.91 Å². The quantitative estimate of drug-likeness (QED) is 0.891. The fourth-order valence-electron chi connectivity index (χ4n) is 2.10. The Labute approximate surface area is 133 Å². The number of aryl methyl sites for hydroxylation is 1. The Kier molecular flexibility index (Phi) is 4.76. The third kappa shape index (κ3) is 3.31. The molecule has 0 heterocycles. The molecular weight excluding hydrogens is 309 g/mol. The number of benzene rings is 2. The number of phenols is 1. The van der Waals surface area contributed by atoms with Gasteiger partial charge >= 0.3 is 0 Å². The van der Waals surface area contributed by atoms with E-state index in [9.17, 15) is 9.90 Å². The van der Waals surface area contributed by atoms with E-state index in [0.29, 0.717) is 27.8 Å². The van der Waals surface area contributed by atoms with Gasteiger partial charge in [-0.2, -0.15) is 0 Å². The van der Waals surface area contributed by atoms with Crippen molar-refractivity contribution in [3.63, 3.8) is 0 Å². The molecule has 0 aromatic heterocycles. The van der Waals surface area contributed by atoms with Crippen molar-refractivity contribution in [3.05, 3.63) is 57.6 Å². The number of nitrogens with zero attached hydrogens (tertiary/aromatic N) is 1. The second-order valence-corrected chi connectivity index (χ2v) is 5.46. The van der Waals surface area contributed by atoms with Gasteiger partial charge in [-0.15, -0.1) is 0 Å². The molecule has 0 saturated carbocycles. The van der Waals surface area contributed by atoms with E-state index in [-0.39, 0.29) is 11.7 Å². The van der Waals surface area contributed by atoms with Crippen LogP contribution in [0, 0.1) is 6.92 Å². The van der Waals surface area contributed by atoms with Gasteiger partial charge in [0.15, 0.2) is 0 Å². The highest BCUT2D eigenvalue weighted by atomic mass is 35.5. The molecule has 21 heavy (non-hydrogen) atoms. The summed E-state index contributed by atoms with van der Waals surface area (Å²) in [6.45, 7) is 4.24. The fourth-order valence-corrected chi connectivity index (χ4v) is 2.40. The number of hydrogen-bond acceptors (Lipinski definition) is 2. The van der Waals surface area contributed by atoms with E-state index in [1.54, 1.807) is 41.3 Å². The first-order valence-electron chi connectivity index (χ1n) is 6.50. The number of phenolic OH excluding ortho intramolecular Hbond substituents is 1. The summed E-state index contributed by atoms with van der Waals surface area (Å²) in [7, 11) is 0. The molecule has 0 aliphatic carbocycles. The highest BCUT2D eigenvalue weighted by molar-refractivity contribution is 6.42. The van der Waals surface area contributed by atoms with Crippen LogP contribution in [0.15, 0.2) is 36.4 Å². The van der Waals surface area contributed by atoms with Crippen LogP contribution in [0.25, 0.3) is 0 Å². The van der Waals surface area contributed by atoms with Gasteiger partial charge in [-0.05, 0) is 43.7 Å². The van der Waals surface area contributed by atoms with Crippen LogP contribution in [0.3, 0.4) is 0 Å². The predicted molar refractivity (Wildman–Crippen MR) is 86.7 cm³/mol. The van der Waals surface area contributed by atoms with E-state index in [4.69, 9.17) is 23.2 Å². The van der Waals surface area contributed by atoms with Crippen LogP contribution in [-0.4, -0.2) is 17.6 Å². The maximum absolute atomic E-state index is 12.6. The summed E-state index contributed by atoms with van der Waals surface area (Å²) in [6, 6.07) is 9.73. The Morgan fingerprint density at radius 3 is 2.48 bits per heavy atom. The number of aromatic hydroxyl groups is 1. The average molecular weight is 324 g/mol. The van der Waals surface area contributed by atoms with Crippen molar-refractivity contribution in [2.24, 2.45) is 0 Å². The molecule has 0 atom stereocenters. The largest absolute Gasteiger partial charge is 0.508 e. The number of hydrogen-bond donors (Lipinski definition) is 1. The molecule has 0 fully saturated rings. The minimum absolute atomic E-state index is 0.121. The monoisotopic (exact) mass is 323 g/mol. The van der Waals surface area contributed by atoms with Crippen molar-refractivity contribution in [3.8, 4) is 5.75 Å². The number of amides is 1. The molecule has 5 heteroatoms. The van der Waals surface area contributed by atoms with Crippen LogP contribution < -0.4 is 4.90 Å². The van der Waals surface area contributed by atoms with Crippen LogP contribution in [0.2, 0.25) is 10.0 Å². The lowest BCUT2D eigenvalue weighted by atomic mass is 10.1. The molecule has 2 aromatic carbocycles. The maximum Gasteiger partial charge on any atom is 0.258 e. The first kappa shape index (κ1) is 15.7. The van der Waals surface area contributed by atoms with Gasteiger partial charge in [0.05, 0.1) is 15.7 Å². The van der Waals surface area contributed by atoms with Gasteiger partial charge in [-0.3, -0.25) is 4.79 Å². The van der Waals surface area contributed by atoms with Crippen LogP contribution in [0.4, 0.5) is 5.69 Å². The standard InChI is InChI=1S/C16H15Cl2NO2/c1-3-19(15-9-12(20)6-4-10(15)2)16(21)11-5-7-13(17)14(18)8-11/h4-9,20H,3H2,1-2H3. The van der Waals surface area contributed by atoms with Crippen LogP contribution >= 0.6 is 23.2 Å². The van der Waals surface area contributed by atoms with Crippen molar-refractivity contribution in [1.29, 1.82) is 0 Å². The second-order valence-electron chi connectivity index (χ2n) is 4.65. The molecule has 0 bridgehead atoms. The second kappa shape index (κ2) is 6.37. The first-order chi connectivity index (χ1) is 9.93. The number of rotatable bonds is 3. The van der Waals surface area contributed by atoms with E-state index in [1.807, 2.05) is 13.8 Å². The third-order valence-electron chi connectivity index (χ3n) is 3.21. The third-order valence-corrected chi connectivity index (χ3v) is 3.95. The summed E-state index contributed by atoms with van der Waals surface area (Å²) in [5.74, 6) is -0.0687. The minimum Gasteiger partial charge on any atom is -0.508 e. The van der Waals surface area contributed by atoms with Crippen LogP contribution in [0.1, 0.15) is 22.8 Å². The van der Waals surface area contributed by atoms with Crippen molar-refractivity contribution in [1.82, 2.24) is 0 Å². The molecule has 2 aromatic rings.